The van der Waals surface area contributed by atoms with E-state index in [1.807, 2.05) is 60.7 Å². The van der Waals surface area contributed by atoms with Crippen molar-refractivity contribution in [2.24, 2.45) is 5.73 Å². The highest BCUT2D eigenvalue weighted by Crippen LogP contribution is 2.03. The first-order valence-corrected chi connectivity index (χ1v) is 8.48. The fraction of sp³-hybridized carbons (Fsp3) is 0.250. The zero-order valence-electron chi connectivity index (χ0n) is 14.5. The molecule has 0 saturated carbocycles. The summed E-state index contributed by atoms with van der Waals surface area (Å²) in [5, 5.41) is 5.32. The third-order valence-corrected chi connectivity index (χ3v) is 3.84. The lowest BCUT2D eigenvalue weighted by atomic mass is 10.1. The van der Waals surface area contributed by atoms with Gasteiger partial charge in [-0.15, -0.1) is 0 Å². The van der Waals surface area contributed by atoms with Gasteiger partial charge in [0.25, 0.3) is 0 Å². The van der Waals surface area contributed by atoms with Gasteiger partial charge in [-0.25, -0.2) is 0 Å². The number of benzene rings is 2. The van der Waals surface area contributed by atoms with Gasteiger partial charge in [-0.05, 0) is 11.1 Å². The van der Waals surface area contributed by atoms with Gasteiger partial charge in [0.1, 0.15) is 6.04 Å². The van der Waals surface area contributed by atoms with E-state index < -0.39 is 11.9 Å². The molecule has 0 fully saturated rings. The second kappa shape index (κ2) is 9.98. The van der Waals surface area contributed by atoms with Crippen molar-refractivity contribution < 1.29 is 14.4 Å². The highest BCUT2D eigenvalue weighted by atomic mass is 16.2. The first-order valence-electron chi connectivity index (χ1n) is 8.48. The molecule has 0 saturated heterocycles. The van der Waals surface area contributed by atoms with E-state index in [1.165, 1.54) is 0 Å². The Labute approximate surface area is 152 Å². The molecule has 0 aliphatic rings. The molecule has 0 heterocycles. The van der Waals surface area contributed by atoms with Crippen LogP contribution in [0.1, 0.15) is 17.5 Å². The molecule has 4 N–H and O–H groups in total. The van der Waals surface area contributed by atoms with E-state index >= 15 is 0 Å². The monoisotopic (exact) mass is 353 g/mol. The lowest BCUT2D eigenvalue weighted by Gasteiger charge is -2.15. The van der Waals surface area contributed by atoms with E-state index in [0.29, 0.717) is 6.42 Å². The number of hydrogen-bond acceptors (Lipinski definition) is 3. The van der Waals surface area contributed by atoms with Crippen LogP contribution in [0.15, 0.2) is 60.7 Å². The molecule has 1 atom stereocenters. The minimum absolute atomic E-state index is 0.0824. The molecule has 6 heteroatoms. The maximum absolute atomic E-state index is 12.0. The summed E-state index contributed by atoms with van der Waals surface area (Å²) in [5.41, 5.74) is 7.19. The number of carbonyl (C=O) groups is 3. The SMILES string of the molecule is NC(=O)C(Cc1ccccc1)NC(=O)CCNC(=O)Cc1ccccc1. The van der Waals surface area contributed by atoms with Gasteiger partial charge >= 0.3 is 0 Å². The molecule has 6 nitrogen and oxygen atoms in total. The second-order valence-electron chi connectivity index (χ2n) is 5.97. The summed E-state index contributed by atoms with van der Waals surface area (Å²) in [6, 6.07) is 17.9. The number of nitrogens with one attached hydrogen (secondary N) is 2. The van der Waals surface area contributed by atoms with Gasteiger partial charge in [0.05, 0.1) is 6.42 Å². The largest absolute Gasteiger partial charge is 0.368 e. The van der Waals surface area contributed by atoms with E-state index in [1.54, 1.807) is 0 Å². The Hall–Kier alpha value is -3.15. The number of rotatable bonds is 9. The Balaban J connectivity index is 1.74. The fourth-order valence-electron chi connectivity index (χ4n) is 2.50. The Morgan fingerprint density at radius 1 is 0.846 bits per heavy atom. The molecular formula is C20H23N3O3. The second-order valence-corrected chi connectivity index (χ2v) is 5.97. The summed E-state index contributed by atoms with van der Waals surface area (Å²) in [6.07, 6.45) is 0.682. The first-order chi connectivity index (χ1) is 12.5. The summed E-state index contributed by atoms with van der Waals surface area (Å²) in [6.45, 7) is 0.203. The van der Waals surface area contributed by atoms with E-state index in [4.69, 9.17) is 5.73 Å². The van der Waals surface area contributed by atoms with Gasteiger partial charge in [-0.2, -0.15) is 0 Å². The lowest BCUT2D eigenvalue weighted by molar-refractivity contribution is -0.127. The molecule has 26 heavy (non-hydrogen) atoms. The highest BCUT2D eigenvalue weighted by Gasteiger charge is 2.18. The standard InChI is InChI=1S/C20H23N3O3/c21-20(26)17(13-15-7-3-1-4-8-15)23-18(24)11-12-22-19(25)14-16-9-5-2-6-10-16/h1-10,17H,11-14H2,(H2,21,26)(H,22,25)(H,23,24). The number of hydrogen-bond donors (Lipinski definition) is 3. The van der Waals surface area contributed by atoms with Crippen LogP contribution in [-0.2, 0) is 27.2 Å². The fourth-order valence-corrected chi connectivity index (χ4v) is 2.50. The summed E-state index contributed by atoms with van der Waals surface area (Å²) in [7, 11) is 0. The average molecular weight is 353 g/mol. The van der Waals surface area contributed by atoms with Crippen molar-refractivity contribution >= 4 is 17.7 Å². The van der Waals surface area contributed by atoms with Crippen molar-refractivity contribution in [3.8, 4) is 0 Å². The number of primary amides is 1. The maximum atomic E-state index is 12.0. The Kier molecular flexibility index (Phi) is 7.36. The molecule has 3 amide bonds. The third kappa shape index (κ3) is 6.76. The van der Waals surface area contributed by atoms with Crippen molar-refractivity contribution in [2.45, 2.75) is 25.3 Å². The predicted molar refractivity (Wildman–Crippen MR) is 99.0 cm³/mol. The molecule has 2 aromatic rings. The third-order valence-electron chi connectivity index (χ3n) is 3.84. The van der Waals surface area contributed by atoms with Crippen LogP contribution in [0.5, 0.6) is 0 Å². The predicted octanol–water partition coefficient (Wildman–Crippen LogP) is 0.948. The number of carbonyl (C=O) groups excluding carboxylic acids is 3. The van der Waals surface area contributed by atoms with Crippen LogP contribution >= 0.6 is 0 Å². The van der Waals surface area contributed by atoms with Gasteiger partial charge in [-0.3, -0.25) is 14.4 Å². The van der Waals surface area contributed by atoms with Crippen molar-refractivity contribution in [1.29, 1.82) is 0 Å². The number of amides is 3. The Morgan fingerprint density at radius 2 is 1.42 bits per heavy atom. The van der Waals surface area contributed by atoms with Crippen molar-refractivity contribution in [2.75, 3.05) is 6.54 Å². The van der Waals surface area contributed by atoms with Crippen molar-refractivity contribution in [1.82, 2.24) is 10.6 Å². The Bertz CT molecular complexity index is 732. The average Bonchev–Trinajstić information content (AvgIpc) is 2.63. The van der Waals surface area contributed by atoms with Crippen LogP contribution in [0, 0.1) is 0 Å². The van der Waals surface area contributed by atoms with Crippen LogP contribution in [0.3, 0.4) is 0 Å². The van der Waals surface area contributed by atoms with E-state index in [9.17, 15) is 14.4 Å². The molecule has 136 valence electrons. The highest BCUT2D eigenvalue weighted by molar-refractivity contribution is 5.87. The van der Waals surface area contributed by atoms with Crippen LogP contribution in [0.2, 0.25) is 0 Å². The molecule has 2 rings (SSSR count). The van der Waals surface area contributed by atoms with Gasteiger partial charge in [0, 0.05) is 19.4 Å². The normalized spacial score (nSPS) is 11.4. The lowest BCUT2D eigenvalue weighted by Crippen LogP contribution is -2.46. The summed E-state index contributed by atoms with van der Waals surface area (Å²) < 4.78 is 0. The molecular weight excluding hydrogens is 330 g/mol. The van der Waals surface area contributed by atoms with E-state index in [-0.39, 0.29) is 31.2 Å². The van der Waals surface area contributed by atoms with Gasteiger partial charge in [0.15, 0.2) is 0 Å². The molecule has 0 spiro atoms. The van der Waals surface area contributed by atoms with Gasteiger partial charge in [-0.1, -0.05) is 60.7 Å². The van der Waals surface area contributed by atoms with Gasteiger partial charge in [0.2, 0.25) is 17.7 Å². The van der Waals surface area contributed by atoms with Crippen LogP contribution < -0.4 is 16.4 Å². The maximum Gasteiger partial charge on any atom is 0.240 e. The minimum atomic E-state index is -0.773. The molecule has 0 aromatic heterocycles. The zero-order valence-corrected chi connectivity index (χ0v) is 14.5. The summed E-state index contributed by atoms with van der Waals surface area (Å²) in [5.74, 6) is -1.07. The topological polar surface area (TPSA) is 101 Å². The molecule has 0 aliphatic carbocycles. The van der Waals surface area contributed by atoms with E-state index in [0.717, 1.165) is 11.1 Å². The number of nitrogens with two attached hydrogens (primary N) is 1. The first kappa shape index (κ1) is 19.2. The Morgan fingerprint density at radius 3 is 2.00 bits per heavy atom. The molecule has 0 aliphatic heterocycles. The summed E-state index contributed by atoms with van der Waals surface area (Å²) in [4.78, 5) is 35.4. The van der Waals surface area contributed by atoms with Crippen LogP contribution in [-0.4, -0.2) is 30.3 Å². The van der Waals surface area contributed by atoms with Crippen LogP contribution in [0.25, 0.3) is 0 Å². The van der Waals surface area contributed by atoms with Crippen molar-refractivity contribution in [3.63, 3.8) is 0 Å². The molecule has 0 radical (unpaired) electrons. The van der Waals surface area contributed by atoms with Crippen LogP contribution in [0.4, 0.5) is 0 Å². The molecule has 0 bridgehead atoms. The molecule has 1 unspecified atom stereocenters. The minimum Gasteiger partial charge on any atom is -0.368 e. The summed E-state index contributed by atoms with van der Waals surface area (Å²) >= 11 is 0. The smallest absolute Gasteiger partial charge is 0.240 e. The van der Waals surface area contributed by atoms with Gasteiger partial charge < -0.3 is 16.4 Å². The molecule has 2 aromatic carbocycles. The zero-order chi connectivity index (χ0) is 18.8. The quantitative estimate of drug-likeness (QED) is 0.625. The van der Waals surface area contributed by atoms with E-state index in [2.05, 4.69) is 10.6 Å². The van der Waals surface area contributed by atoms with Crippen molar-refractivity contribution in [3.05, 3.63) is 71.8 Å².